The number of ether oxygens (including phenoxy) is 1. The third kappa shape index (κ3) is 6.55. The Hall–Kier alpha value is -2.97. The highest BCUT2D eigenvalue weighted by molar-refractivity contribution is 6.34. The van der Waals surface area contributed by atoms with E-state index < -0.39 is 17.5 Å². The number of esters is 1. The summed E-state index contributed by atoms with van der Waals surface area (Å²) in [5.74, 6) is -1.99. The van der Waals surface area contributed by atoms with Crippen LogP contribution < -0.4 is 10.8 Å². The van der Waals surface area contributed by atoms with Crippen LogP contribution in [-0.4, -0.2) is 42.4 Å². The van der Waals surface area contributed by atoms with Crippen molar-refractivity contribution < 1.29 is 29.4 Å². The largest absolute Gasteiger partial charge is 0.507 e. The molecule has 0 aliphatic carbocycles. The van der Waals surface area contributed by atoms with Crippen molar-refractivity contribution in [1.29, 1.82) is 0 Å². The molecule has 1 amide bonds. The van der Waals surface area contributed by atoms with E-state index in [1.54, 1.807) is 6.08 Å². The summed E-state index contributed by atoms with van der Waals surface area (Å²) in [6, 6.07) is 0.977. The summed E-state index contributed by atoms with van der Waals surface area (Å²) in [7, 11) is 1.48. The molecule has 0 unspecified atom stereocenters. The number of benzene rings is 1. The van der Waals surface area contributed by atoms with Crippen molar-refractivity contribution >= 4 is 29.6 Å². The first-order chi connectivity index (χ1) is 13.9. The fourth-order valence-electron chi connectivity index (χ4n) is 2.46. The van der Waals surface area contributed by atoms with Crippen LogP contribution in [0.2, 0.25) is 5.02 Å². The van der Waals surface area contributed by atoms with Crippen molar-refractivity contribution in [3.05, 3.63) is 52.2 Å². The normalized spacial score (nSPS) is 16.8. The monoisotopic (exact) mass is 422 g/mol. The lowest BCUT2D eigenvalue weighted by atomic mass is 10.0. The summed E-state index contributed by atoms with van der Waals surface area (Å²) in [6.45, 7) is -0.120. The van der Waals surface area contributed by atoms with Crippen molar-refractivity contribution in [2.45, 2.75) is 19.3 Å². The molecule has 8 nitrogen and oxygen atoms in total. The van der Waals surface area contributed by atoms with Gasteiger partial charge in [0.25, 0.3) is 0 Å². The Morgan fingerprint density at radius 3 is 2.69 bits per heavy atom. The number of hydrogen-bond donors (Lipinski definition) is 4. The van der Waals surface area contributed by atoms with Gasteiger partial charge in [0.05, 0.1) is 17.3 Å². The van der Waals surface area contributed by atoms with Gasteiger partial charge < -0.3 is 20.3 Å². The molecule has 156 valence electrons. The lowest BCUT2D eigenvalue weighted by molar-refractivity contribution is -0.127. The van der Waals surface area contributed by atoms with E-state index in [0.717, 1.165) is 18.9 Å². The van der Waals surface area contributed by atoms with Gasteiger partial charge in [-0.3, -0.25) is 15.1 Å². The second-order valence-electron chi connectivity index (χ2n) is 6.06. The maximum Gasteiger partial charge on any atom is 0.342 e. The van der Waals surface area contributed by atoms with Gasteiger partial charge in [-0.2, -0.15) is 0 Å². The standard InChI is InChI=1S/C20H23ClN2O6/c1-22-17(26)12-29-23-13-8-6-4-2-3-5-7-9-28-20(27)18-14(10-13)19(21)16(25)11-15(18)24/h3,5-6,8,10-11,23-25H,2,4,7,9,12H2,1H3,(H,22,26)/b5-3?,8-6?,13-10-. The molecule has 0 spiro atoms. The smallest absolute Gasteiger partial charge is 0.342 e. The fourth-order valence-corrected chi connectivity index (χ4v) is 2.66. The first-order valence-electron chi connectivity index (χ1n) is 8.97. The van der Waals surface area contributed by atoms with Gasteiger partial charge in [-0.1, -0.05) is 29.8 Å². The van der Waals surface area contributed by atoms with Crippen molar-refractivity contribution in [2.75, 3.05) is 20.3 Å². The lowest BCUT2D eigenvalue weighted by Crippen LogP contribution is -2.27. The molecule has 1 aliphatic rings. The van der Waals surface area contributed by atoms with Crippen LogP contribution in [-0.2, 0) is 14.4 Å². The summed E-state index contributed by atoms with van der Waals surface area (Å²) < 4.78 is 5.21. The Bertz CT molecular complexity index is 848. The molecule has 1 aromatic carbocycles. The van der Waals surface area contributed by atoms with Gasteiger partial charge in [0.1, 0.15) is 17.1 Å². The van der Waals surface area contributed by atoms with Crippen LogP contribution in [0, 0.1) is 0 Å². The Balaban J connectivity index is 2.47. The van der Waals surface area contributed by atoms with Crippen molar-refractivity contribution in [2.24, 2.45) is 0 Å². The predicted octanol–water partition coefficient (Wildman–Crippen LogP) is 2.81. The number of fused-ring (bicyclic) bond motifs is 1. The van der Waals surface area contributed by atoms with E-state index in [1.165, 1.54) is 13.1 Å². The number of nitrogens with one attached hydrogen (secondary N) is 2. The molecule has 1 aromatic rings. The number of carbonyl (C=O) groups is 2. The van der Waals surface area contributed by atoms with Crippen LogP contribution in [0.5, 0.6) is 11.5 Å². The number of carbonyl (C=O) groups excluding carboxylic acids is 2. The van der Waals surface area contributed by atoms with Crippen LogP contribution in [0.1, 0.15) is 35.2 Å². The molecule has 0 fully saturated rings. The third-order valence-corrected chi connectivity index (χ3v) is 4.32. The lowest BCUT2D eigenvalue weighted by Gasteiger charge is -2.14. The second-order valence-corrected chi connectivity index (χ2v) is 6.43. The van der Waals surface area contributed by atoms with Crippen LogP contribution in [0.15, 0.2) is 36.1 Å². The number of likely N-dealkylation sites (N-methyl/N-ethyl adjacent to an activating group) is 1. The van der Waals surface area contributed by atoms with E-state index in [-0.39, 0.29) is 35.3 Å². The Morgan fingerprint density at radius 1 is 1.21 bits per heavy atom. The average Bonchev–Trinajstić information content (AvgIpc) is 2.69. The minimum atomic E-state index is -0.782. The van der Waals surface area contributed by atoms with E-state index in [0.29, 0.717) is 12.1 Å². The number of phenolic OH excluding ortho intramolecular Hbond substituents is 2. The second kappa shape index (κ2) is 11.1. The van der Waals surface area contributed by atoms with E-state index in [4.69, 9.17) is 21.2 Å². The van der Waals surface area contributed by atoms with Crippen LogP contribution in [0.3, 0.4) is 0 Å². The number of amides is 1. The van der Waals surface area contributed by atoms with Gasteiger partial charge in [-0.15, -0.1) is 0 Å². The number of halogens is 1. The van der Waals surface area contributed by atoms with Crippen molar-refractivity contribution in [3.8, 4) is 11.5 Å². The van der Waals surface area contributed by atoms with E-state index in [1.807, 2.05) is 18.2 Å². The predicted molar refractivity (Wildman–Crippen MR) is 108 cm³/mol. The highest BCUT2D eigenvalue weighted by Crippen LogP contribution is 2.37. The number of cyclic esters (lactones) is 1. The Kier molecular flexibility index (Phi) is 8.57. The molecule has 2 rings (SSSR count). The zero-order valence-corrected chi connectivity index (χ0v) is 16.7. The Labute approximate surface area is 173 Å². The van der Waals surface area contributed by atoms with Gasteiger partial charge in [-0.25, -0.2) is 4.79 Å². The van der Waals surface area contributed by atoms with Crippen LogP contribution in [0.25, 0.3) is 6.08 Å². The third-order valence-electron chi connectivity index (χ3n) is 3.92. The summed E-state index contributed by atoms with van der Waals surface area (Å²) in [5, 5.41) is 22.5. The molecule has 4 N–H and O–H groups in total. The first-order valence-corrected chi connectivity index (χ1v) is 9.35. The number of allylic oxidation sites excluding steroid dienone is 3. The molecular formula is C20H23ClN2O6. The molecular weight excluding hydrogens is 400 g/mol. The van der Waals surface area contributed by atoms with Crippen LogP contribution in [0.4, 0.5) is 0 Å². The van der Waals surface area contributed by atoms with Gasteiger partial charge in [0.2, 0.25) is 5.91 Å². The number of phenols is 2. The van der Waals surface area contributed by atoms with E-state index >= 15 is 0 Å². The molecule has 0 atom stereocenters. The molecule has 0 radical (unpaired) electrons. The average molecular weight is 423 g/mol. The quantitative estimate of drug-likeness (QED) is 0.335. The zero-order valence-electron chi connectivity index (χ0n) is 15.9. The van der Waals surface area contributed by atoms with Crippen molar-refractivity contribution in [1.82, 2.24) is 10.8 Å². The highest BCUT2D eigenvalue weighted by Gasteiger charge is 2.22. The maximum atomic E-state index is 12.5. The first kappa shape index (κ1) is 22.3. The summed E-state index contributed by atoms with van der Waals surface area (Å²) in [5.41, 5.74) is 2.82. The molecule has 0 bridgehead atoms. The van der Waals surface area contributed by atoms with Gasteiger partial charge in [-0.05, 0) is 31.4 Å². The molecule has 9 heteroatoms. The molecule has 1 aliphatic heterocycles. The topological polar surface area (TPSA) is 117 Å². The van der Waals surface area contributed by atoms with Crippen LogP contribution >= 0.6 is 11.6 Å². The van der Waals surface area contributed by atoms with Gasteiger partial charge in [0.15, 0.2) is 6.61 Å². The highest BCUT2D eigenvalue weighted by atomic mass is 35.5. The Morgan fingerprint density at radius 2 is 1.93 bits per heavy atom. The van der Waals surface area contributed by atoms with E-state index in [9.17, 15) is 19.8 Å². The minimum absolute atomic E-state index is 0.0532. The molecule has 0 saturated heterocycles. The molecule has 1 heterocycles. The SMILES string of the molecule is CNC(=O)CON/C1=C\c2c(Cl)c(O)cc(O)c2C(=O)OCCC=CCCC=C1. The fraction of sp³-hybridized carbons (Fsp3) is 0.300. The van der Waals surface area contributed by atoms with E-state index in [2.05, 4.69) is 10.8 Å². The number of rotatable bonds is 4. The zero-order chi connectivity index (χ0) is 21.2. The molecule has 29 heavy (non-hydrogen) atoms. The minimum Gasteiger partial charge on any atom is -0.507 e. The molecule has 0 aromatic heterocycles. The van der Waals surface area contributed by atoms with Crippen molar-refractivity contribution in [3.63, 3.8) is 0 Å². The summed E-state index contributed by atoms with van der Waals surface area (Å²) in [4.78, 5) is 29.0. The number of hydroxylamine groups is 1. The maximum absolute atomic E-state index is 12.5. The summed E-state index contributed by atoms with van der Waals surface area (Å²) in [6.07, 6.45) is 10.9. The number of aromatic hydroxyl groups is 2. The number of hydrogen-bond acceptors (Lipinski definition) is 7. The van der Waals surface area contributed by atoms with Gasteiger partial charge >= 0.3 is 5.97 Å². The summed E-state index contributed by atoms with van der Waals surface area (Å²) >= 11 is 6.19. The molecule has 0 saturated carbocycles. The van der Waals surface area contributed by atoms with Gasteiger partial charge in [0, 0.05) is 18.7 Å².